The van der Waals surface area contributed by atoms with Gasteiger partial charge in [0.1, 0.15) is 0 Å². The number of fused-ring (bicyclic) bond motifs is 1. The van der Waals surface area contributed by atoms with E-state index in [4.69, 9.17) is 5.10 Å². The van der Waals surface area contributed by atoms with Crippen molar-refractivity contribution < 1.29 is 4.79 Å². The molecule has 1 aromatic heterocycles. The van der Waals surface area contributed by atoms with Crippen LogP contribution in [-0.2, 0) is 19.5 Å². The van der Waals surface area contributed by atoms with E-state index in [0.29, 0.717) is 0 Å². The molecule has 4 heterocycles. The molecule has 0 saturated carbocycles. The Hall–Kier alpha value is -1.40. The molecule has 0 aromatic carbocycles. The Morgan fingerprint density at radius 3 is 2.68 bits per heavy atom. The quantitative estimate of drug-likeness (QED) is 0.879. The van der Waals surface area contributed by atoms with Crippen molar-refractivity contribution in [1.29, 1.82) is 0 Å². The minimum absolute atomic E-state index is 0.165. The van der Waals surface area contributed by atoms with Gasteiger partial charge in [0.2, 0.25) is 0 Å². The molecule has 0 unspecified atom stereocenters. The number of nitrogens with one attached hydrogen (secondary N) is 1. The van der Waals surface area contributed by atoms with Crippen LogP contribution in [0, 0.1) is 5.92 Å². The minimum atomic E-state index is 0.165. The van der Waals surface area contributed by atoms with E-state index in [1.165, 1.54) is 17.7 Å². The van der Waals surface area contributed by atoms with Gasteiger partial charge in [-0.15, -0.1) is 0 Å². The second-order valence-electron chi connectivity index (χ2n) is 7.86. The summed E-state index contributed by atoms with van der Waals surface area (Å²) in [5, 5.41) is 8.15. The molecule has 0 aliphatic carbocycles. The van der Waals surface area contributed by atoms with Gasteiger partial charge < -0.3 is 10.2 Å². The van der Waals surface area contributed by atoms with Crippen LogP contribution in [0.25, 0.3) is 0 Å². The van der Waals surface area contributed by atoms with E-state index in [1.54, 1.807) is 0 Å². The third-order valence-corrected chi connectivity index (χ3v) is 5.88. The lowest BCUT2D eigenvalue weighted by Gasteiger charge is -2.35. The number of aromatic nitrogens is 2. The van der Waals surface area contributed by atoms with Crippen molar-refractivity contribution in [2.24, 2.45) is 5.92 Å². The summed E-state index contributed by atoms with van der Waals surface area (Å²) in [5.41, 5.74) is 3.26. The van der Waals surface area contributed by atoms with Crippen LogP contribution < -0.4 is 5.32 Å². The number of carbonyl (C=O) groups excluding carboxylic acids is 1. The van der Waals surface area contributed by atoms with Gasteiger partial charge in [-0.25, -0.2) is 0 Å². The standard InChI is InChI=1S/C19H31N5O/c1-2-7-24-17-6-10-22(13-15-11-20-12-15)14-16(17)18(21-24)19(25)23-8-4-3-5-9-23/h15,20H,2-14H2,1H3. The smallest absolute Gasteiger partial charge is 0.274 e. The maximum atomic E-state index is 13.1. The molecule has 138 valence electrons. The molecule has 2 fully saturated rings. The molecule has 0 bridgehead atoms. The second-order valence-corrected chi connectivity index (χ2v) is 7.86. The van der Waals surface area contributed by atoms with Crippen molar-refractivity contribution in [3.63, 3.8) is 0 Å². The summed E-state index contributed by atoms with van der Waals surface area (Å²) in [6.45, 7) is 10.3. The largest absolute Gasteiger partial charge is 0.337 e. The predicted molar refractivity (Wildman–Crippen MR) is 97.6 cm³/mol. The van der Waals surface area contributed by atoms with E-state index in [1.807, 2.05) is 4.90 Å². The first kappa shape index (κ1) is 17.0. The maximum absolute atomic E-state index is 13.1. The molecule has 0 atom stereocenters. The van der Waals surface area contributed by atoms with E-state index in [9.17, 15) is 4.79 Å². The average Bonchev–Trinajstić information content (AvgIpc) is 2.97. The lowest BCUT2D eigenvalue weighted by Crippen LogP contribution is -2.49. The summed E-state index contributed by atoms with van der Waals surface area (Å²) < 4.78 is 2.12. The number of amides is 1. The molecule has 0 radical (unpaired) electrons. The van der Waals surface area contributed by atoms with Crippen molar-refractivity contribution in [2.45, 2.75) is 52.1 Å². The maximum Gasteiger partial charge on any atom is 0.274 e. The Morgan fingerprint density at radius 2 is 2.00 bits per heavy atom. The van der Waals surface area contributed by atoms with E-state index >= 15 is 0 Å². The van der Waals surface area contributed by atoms with Crippen LogP contribution >= 0.6 is 0 Å². The number of nitrogens with zero attached hydrogens (tertiary/aromatic N) is 4. The lowest BCUT2D eigenvalue weighted by molar-refractivity contribution is 0.0714. The highest BCUT2D eigenvalue weighted by atomic mass is 16.2. The van der Waals surface area contributed by atoms with Crippen molar-refractivity contribution in [3.8, 4) is 0 Å². The lowest BCUT2D eigenvalue weighted by atomic mass is 9.99. The molecule has 3 aliphatic heterocycles. The molecule has 2 saturated heterocycles. The van der Waals surface area contributed by atoms with Crippen molar-refractivity contribution >= 4 is 5.91 Å². The van der Waals surface area contributed by atoms with Crippen LogP contribution in [0.1, 0.15) is 54.4 Å². The van der Waals surface area contributed by atoms with E-state index in [2.05, 4.69) is 21.8 Å². The first-order chi connectivity index (χ1) is 12.3. The summed E-state index contributed by atoms with van der Waals surface area (Å²) in [5.74, 6) is 0.937. The number of rotatable bonds is 5. The average molecular weight is 345 g/mol. The molecular weight excluding hydrogens is 314 g/mol. The van der Waals surface area contributed by atoms with Gasteiger partial charge in [-0.2, -0.15) is 5.10 Å². The molecule has 3 aliphatic rings. The molecule has 0 spiro atoms. The van der Waals surface area contributed by atoms with Gasteiger partial charge in [-0.3, -0.25) is 14.4 Å². The molecule has 1 amide bonds. The number of hydrogen-bond donors (Lipinski definition) is 1. The molecule has 4 rings (SSSR count). The van der Waals surface area contributed by atoms with Gasteiger partial charge in [-0.1, -0.05) is 6.92 Å². The number of piperidine rings is 1. The van der Waals surface area contributed by atoms with Gasteiger partial charge >= 0.3 is 0 Å². The Kier molecular flexibility index (Phi) is 5.08. The summed E-state index contributed by atoms with van der Waals surface area (Å²) in [6, 6.07) is 0. The van der Waals surface area contributed by atoms with Gasteiger partial charge in [0.05, 0.1) is 0 Å². The number of aryl methyl sites for hydroxylation is 1. The number of hydrogen-bond acceptors (Lipinski definition) is 4. The Morgan fingerprint density at radius 1 is 1.20 bits per heavy atom. The topological polar surface area (TPSA) is 53.4 Å². The fourth-order valence-electron chi connectivity index (χ4n) is 4.36. The molecule has 25 heavy (non-hydrogen) atoms. The van der Waals surface area contributed by atoms with E-state index < -0.39 is 0 Å². The zero-order chi connectivity index (χ0) is 17.2. The van der Waals surface area contributed by atoms with Crippen LogP contribution in [0.5, 0.6) is 0 Å². The molecule has 1 N–H and O–H groups in total. The monoisotopic (exact) mass is 345 g/mol. The Balaban J connectivity index is 1.56. The third-order valence-electron chi connectivity index (χ3n) is 5.88. The predicted octanol–water partition coefficient (Wildman–Crippen LogP) is 1.50. The minimum Gasteiger partial charge on any atom is -0.337 e. The van der Waals surface area contributed by atoms with Crippen molar-refractivity contribution in [2.75, 3.05) is 39.3 Å². The molecule has 6 heteroatoms. The highest BCUT2D eigenvalue weighted by Gasteiger charge is 2.31. The highest BCUT2D eigenvalue weighted by Crippen LogP contribution is 2.26. The summed E-state index contributed by atoms with van der Waals surface area (Å²) in [6.07, 6.45) is 5.59. The van der Waals surface area contributed by atoms with Crippen LogP contribution in [0.3, 0.4) is 0 Å². The molecule has 6 nitrogen and oxygen atoms in total. The molecule has 1 aromatic rings. The summed E-state index contributed by atoms with van der Waals surface area (Å²) in [7, 11) is 0. The van der Waals surface area contributed by atoms with Gasteiger partial charge in [-0.05, 0) is 31.6 Å². The Labute approximate surface area is 150 Å². The fourth-order valence-corrected chi connectivity index (χ4v) is 4.36. The zero-order valence-corrected chi connectivity index (χ0v) is 15.5. The SMILES string of the molecule is CCCn1nc(C(=O)N2CCCCC2)c2c1CCN(CC1CNC1)C2. The fraction of sp³-hybridized carbons (Fsp3) is 0.789. The van der Waals surface area contributed by atoms with Gasteiger partial charge in [0, 0.05) is 70.0 Å². The van der Waals surface area contributed by atoms with E-state index in [-0.39, 0.29) is 5.91 Å². The van der Waals surface area contributed by atoms with Crippen LogP contribution in [0.4, 0.5) is 0 Å². The van der Waals surface area contributed by atoms with Crippen LogP contribution in [0.2, 0.25) is 0 Å². The Bertz CT molecular complexity index is 616. The first-order valence-electron chi connectivity index (χ1n) is 10.1. The zero-order valence-electron chi connectivity index (χ0n) is 15.5. The van der Waals surface area contributed by atoms with Crippen molar-refractivity contribution in [1.82, 2.24) is 24.9 Å². The third kappa shape index (κ3) is 3.47. The highest BCUT2D eigenvalue weighted by molar-refractivity contribution is 5.94. The van der Waals surface area contributed by atoms with Gasteiger partial charge in [0.25, 0.3) is 5.91 Å². The number of carbonyl (C=O) groups is 1. The number of likely N-dealkylation sites (tertiary alicyclic amines) is 1. The van der Waals surface area contributed by atoms with Crippen LogP contribution in [0.15, 0.2) is 0 Å². The van der Waals surface area contributed by atoms with Crippen LogP contribution in [-0.4, -0.2) is 64.8 Å². The van der Waals surface area contributed by atoms with Gasteiger partial charge in [0.15, 0.2) is 5.69 Å². The summed E-state index contributed by atoms with van der Waals surface area (Å²) >= 11 is 0. The summed E-state index contributed by atoms with van der Waals surface area (Å²) in [4.78, 5) is 17.7. The van der Waals surface area contributed by atoms with Crippen molar-refractivity contribution in [3.05, 3.63) is 17.0 Å². The first-order valence-corrected chi connectivity index (χ1v) is 10.1. The van der Waals surface area contributed by atoms with E-state index in [0.717, 1.165) is 89.7 Å². The second kappa shape index (κ2) is 7.46. The molecular formula is C19H31N5O. The normalized spacial score (nSPS) is 21.9.